The Kier molecular flexibility index (Phi) is 5.96. The third-order valence-corrected chi connectivity index (χ3v) is 4.04. The normalized spacial score (nSPS) is 20.9. The van der Waals surface area contributed by atoms with Crippen LogP contribution >= 0.6 is 0 Å². The molecule has 0 radical (unpaired) electrons. The van der Waals surface area contributed by atoms with Gasteiger partial charge >= 0.3 is 0 Å². The van der Waals surface area contributed by atoms with Crippen molar-refractivity contribution in [2.45, 2.75) is 58.8 Å². The predicted molar refractivity (Wildman–Crippen MR) is 71.7 cm³/mol. The zero-order valence-electron chi connectivity index (χ0n) is 11.4. The van der Waals surface area contributed by atoms with Crippen LogP contribution in [0.5, 0.6) is 0 Å². The van der Waals surface area contributed by atoms with Crippen molar-refractivity contribution in [2.24, 2.45) is 17.1 Å². The van der Waals surface area contributed by atoms with Crippen molar-refractivity contribution in [3.8, 4) is 0 Å². The fourth-order valence-electron chi connectivity index (χ4n) is 2.48. The smallest absolute Gasteiger partial charge is 0.220 e. The summed E-state index contributed by atoms with van der Waals surface area (Å²) in [4.78, 5) is 11.7. The van der Waals surface area contributed by atoms with Gasteiger partial charge in [0.15, 0.2) is 0 Å². The molecule has 1 fully saturated rings. The van der Waals surface area contributed by atoms with E-state index in [-0.39, 0.29) is 5.91 Å². The summed E-state index contributed by atoms with van der Waals surface area (Å²) in [6.07, 6.45) is 8.02. The van der Waals surface area contributed by atoms with Crippen LogP contribution in [0.15, 0.2) is 0 Å². The molecule has 0 saturated heterocycles. The van der Waals surface area contributed by atoms with Gasteiger partial charge in [-0.1, -0.05) is 33.1 Å². The summed E-state index contributed by atoms with van der Waals surface area (Å²) in [5.74, 6) is 0.642. The zero-order valence-corrected chi connectivity index (χ0v) is 11.4. The number of rotatable bonds is 6. The Morgan fingerprint density at radius 2 is 2.00 bits per heavy atom. The van der Waals surface area contributed by atoms with E-state index in [4.69, 9.17) is 5.73 Å². The van der Waals surface area contributed by atoms with E-state index < -0.39 is 0 Å². The number of carbonyl (C=O) groups excluding carboxylic acids is 1. The van der Waals surface area contributed by atoms with Gasteiger partial charge in [0.05, 0.1) is 0 Å². The van der Waals surface area contributed by atoms with Gasteiger partial charge in [-0.3, -0.25) is 4.79 Å². The molecule has 0 bridgehead atoms. The Hall–Kier alpha value is -0.570. The fourth-order valence-corrected chi connectivity index (χ4v) is 2.48. The lowest BCUT2D eigenvalue weighted by Crippen LogP contribution is -2.37. The SMILES string of the molecule is CC(CN)CCC(=O)NCC1(C)CCCCC1. The van der Waals surface area contributed by atoms with E-state index in [1.165, 1.54) is 32.1 Å². The number of hydrogen-bond acceptors (Lipinski definition) is 2. The molecule has 3 N–H and O–H groups in total. The highest BCUT2D eigenvalue weighted by Gasteiger charge is 2.26. The molecule has 1 atom stereocenters. The molecule has 1 rings (SSSR count). The lowest BCUT2D eigenvalue weighted by Gasteiger charge is -2.33. The average molecular weight is 240 g/mol. The number of amides is 1. The second-order valence-corrected chi connectivity index (χ2v) is 6.03. The predicted octanol–water partition coefficient (Wildman–Crippen LogP) is 2.45. The Morgan fingerprint density at radius 3 is 2.59 bits per heavy atom. The Labute approximate surface area is 106 Å². The minimum absolute atomic E-state index is 0.192. The fraction of sp³-hybridized carbons (Fsp3) is 0.929. The van der Waals surface area contributed by atoms with Gasteiger partial charge in [-0.2, -0.15) is 0 Å². The maximum Gasteiger partial charge on any atom is 0.220 e. The summed E-state index contributed by atoms with van der Waals surface area (Å²) < 4.78 is 0. The van der Waals surface area contributed by atoms with Crippen LogP contribution in [0.4, 0.5) is 0 Å². The van der Waals surface area contributed by atoms with Crippen LogP contribution in [0, 0.1) is 11.3 Å². The van der Waals surface area contributed by atoms with Crippen molar-refractivity contribution in [3.05, 3.63) is 0 Å². The first-order valence-corrected chi connectivity index (χ1v) is 7.02. The molecule has 1 unspecified atom stereocenters. The maximum atomic E-state index is 11.7. The summed E-state index contributed by atoms with van der Waals surface area (Å²) in [6.45, 7) is 5.92. The number of hydrogen-bond donors (Lipinski definition) is 2. The lowest BCUT2D eigenvalue weighted by molar-refractivity contribution is -0.121. The molecule has 1 aliphatic carbocycles. The second kappa shape index (κ2) is 7.00. The van der Waals surface area contributed by atoms with Crippen molar-refractivity contribution >= 4 is 5.91 Å². The van der Waals surface area contributed by atoms with Crippen molar-refractivity contribution < 1.29 is 4.79 Å². The molecule has 0 aromatic carbocycles. The van der Waals surface area contributed by atoms with Gasteiger partial charge in [0.1, 0.15) is 0 Å². The van der Waals surface area contributed by atoms with E-state index >= 15 is 0 Å². The molecule has 0 aromatic rings. The van der Waals surface area contributed by atoms with Gasteiger partial charge < -0.3 is 11.1 Å². The molecule has 0 heterocycles. The summed E-state index contributed by atoms with van der Waals surface area (Å²) in [5, 5.41) is 3.09. The van der Waals surface area contributed by atoms with Gasteiger partial charge in [-0.25, -0.2) is 0 Å². The van der Waals surface area contributed by atoms with E-state index in [1.807, 2.05) is 0 Å². The first-order valence-electron chi connectivity index (χ1n) is 7.02. The summed E-state index contributed by atoms with van der Waals surface area (Å²) in [6, 6.07) is 0. The Morgan fingerprint density at radius 1 is 1.35 bits per heavy atom. The molecule has 1 aliphatic rings. The quantitative estimate of drug-likeness (QED) is 0.749. The minimum atomic E-state index is 0.192. The molecule has 3 heteroatoms. The highest BCUT2D eigenvalue weighted by atomic mass is 16.1. The minimum Gasteiger partial charge on any atom is -0.356 e. The van der Waals surface area contributed by atoms with Gasteiger partial charge in [0, 0.05) is 13.0 Å². The van der Waals surface area contributed by atoms with Crippen LogP contribution in [0.3, 0.4) is 0 Å². The van der Waals surface area contributed by atoms with Crippen LogP contribution in [0.25, 0.3) is 0 Å². The number of carbonyl (C=O) groups is 1. The first-order chi connectivity index (χ1) is 8.06. The van der Waals surface area contributed by atoms with Crippen molar-refractivity contribution in [1.29, 1.82) is 0 Å². The Bertz CT molecular complexity index is 234. The molecule has 0 aliphatic heterocycles. The van der Waals surface area contributed by atoms with Crippen LogP contribution in [-0.2, 0) is 4.79 Å². The molecule has 0 aromatic heterocycles. The van der Waals surface area contributed by atoms with Gasteiger partial charge in [-0.05, 0) is 37.1 Å². The molecule has 100 valence electrons. The molecule has 3 nitrogen and oxygen atoms in total. The number of nitrogens with two attached hydrogens (primary N) is 1. The maximum absolute atomic E-state index is 11.7. The van der Waals surface area contributed by atoms with Gasteiger partial charge in [-0.15, -0.1) is 0 Å². The Balaban J connectivity index is 2.18. The lowest BCUT2D eigenvalue weighted by atomic mass is 9.76. The van der Waals surface area contributed by atoms with Crippen LogP contribution in [0.1, 0.15) is 58.8 Å². The highest BCUT2D eigenvalue weighted by molar-refractivity contribution is 5.75. The monoisotopic (exact) mass is 240 g/mol. The standard InChI is InChI=1S/C14H28N2O/c1-12(10-15)6-7-13(17)16-11-14(2)8-4-3-5-9-14/h12H,3-11,15H2,1-2H3,(H,16,17). The largest absolute Gasteiger partial charge is 0.356 e. The van der Waals surface area contributed by atoms with E-state index in [1.54, 1.807) is 0 Å². The van der Waals surface area contributed by atoms with Crippen molar-refractivity contribution in [2.75, 3.05) is 13.1 Å². The summed E-state index contributed by atoms with van der Waals surface area (Å²) >= 11 is 0. The highest BCUT2D eigenvalue weighted by Crippen LogP contribution is 2.34. The molecular weight excluding hydrogens is 212 g/mol. The number of nitrogens with one attached hydrogen (secondary N) is 1. The second-order valence-electron chi connectivity index (χ2n) is 6.03. The molecule has 17 heavy (non-hydrogen) atoms. The zero-order chi connectivity index (χ0) is 12.7. The molecule has 1 saturated carbocycles. The summed E-state index contributed by atoms with van der Waals surface area (Å²) in [5.41, 5.74) is 5.88. The van der Waals surface area contributed by atoms with Crippen molar-refractivity contribution in [3.63, 3.8) is 0 Å². The van der Waals surface area contributed by atoms with Crippen LogP contribution in [0.2, 0.25) is 0 Å². The first kappa shape index (κ1) is 14.5. The third-order valence-electron chi connectivity index (χ3n) is 4.04. The van der Waals surface area contributed by atoms with Crippen LogP contribution < -0.4 is 11.1 Å². The molecule has 0 spiro atoms. The summed E-state index contributed by atoms with van der Waals surface area (Å²) in [7, 11) is 0. The molecular formula is C14H28N2O. The molecule has 1 amide bonds. The van der Waals surface area contributed by atoms with E-state index in [0.29, 0.717) is 24.3 Å². The topological polar surface area (TPSA) is 55.1 Å². The third kappa shape index (κ3) is 5.53. The van der Waals surface area contributed by atoms with E-state index in [0.717, 1.165) is 13.0 Å². The van der Waals surface area contributed by atoms with Crippen LogP contribution in [-0.4, -0.2) is 19.0 Å². The van der Waals surface area contributed by atoms with E-state index in [9.17, 15) is 4.79 Å². The van der Waals surface area contributed by atoms with Gasteiger partial charge in [0.25, 0.3) is 0 Å². The average Bonchev–Trinajstić information content (AvgIpc) is 2.34. The van der Waals surface area contributed by atoms with Gasteiger partial charge in [0.2, 0.25) is 5.91 Å². The van der Waals surface area contributed by atoms with Crippen molar-refractivity contribution in [1.82, 2.24) is 5.32 Å². The van der Waals surface area contributed by atoms with E-state index in [2.05, 4.69) is 19.2 Å².